The van der Waals surface area contributed by atoms with Crippen LogP contribution in [0.2, 0.25) is 0 Å². The Kier molecular flexibility index (Phi) is 3.31. The molecule has 0 fully saturated rings. The van der Waals surface area contributed by atoms with E-state index in [4.69, 9.17) is 5.73 Å². The fraction of sp³-hybridized carbons (Fsp3) is 0.538. The van der Waals surface area contributed by atoms with Gasteiger partial charge in [-0.15, -0.1) is 0 Å². The highest BCUT2D eigenvalue weighted by Crippen LogP contribution is 2.17. The molecule has 4 heteroatoms. The van der Waals surface area contributed by atoms with Gasteiger partial charge in [0.05, 0.1) is 0 Å². The van der Waals surface area contributed by atoms with Crippen LogP contribution in [0.3, 0.4) is 0 Å². The number of aromatic nitrogens is 3. The molecule has 4 nitrogen and oxygen atoms in total. The zero-order valence-electron chi connectivity index (χ0n) is 10.8. The summed E-state index contributed by atoms with van der Waals surface area (Å²) in [6.07, 6.45) is 2.31. The van der Waals surface area contributed by atoms with Crippen molar-refractivity contribution in [3.8, 4) is 0 Å². The summed E-state index contributed by atoms with van der Waals surface area (Å²) in [6, 6.07) is 3.94. The summed E-state index contributed by atoms with van der Waals surface area (Å²) >= 11 is 0. The summed E-state index contributed by atoms with van der Waals surface area (Å²) in [7, 11) is 0. The van der Waals surface area contributed by atoms with Gasteiger partial charge < -0.3 is 5.73 Å². The minimum atomic E-state index is 0.571. The molecule has 0 aromatic carbocycles. The molecule has 0 spiro atoms. The van der Waals surface area contributed by atoms with Crippen molar-refractivity contribution in [3.05, 3.63) is 17.8 Å². The first-order valence-electron chi connectivity index (χ1n) is 6.17. The third kappa shape index (κ3) is 2.57. The van der Waals surface area contributed by atoms with Gasteiger partial charge >= 0.3 is 0 Å². The molecule has 0 unspecified atom stereocenters. The summed E-state index contributed by atoms with van der Waals surface area (Å²) in [6.45, 7) is 7.35. The molecule has 17 heavy (non-hydrogen) atoms. The van der Waals surface area contributed by atoms with Crippen molar-refractivity contribution in [3.63, 3.8) is 0 Å². The quantitative estimate of drug-likeness (QED) is 0.881. The van der Waals surface area contributed by atoms with Gasteiger partial charge in [0.25, 0.3) is 0 Å². The van der Waals surface area contributed by atoms with Crippen LogP contribution in [0.4, 0.5) is 5.95 Å². The van der Waals surface area contributed by atoms with E-state index in [0.717, 1.165) is 35.7 Å². The van der Waals surface area contributed by atoms with Gasteiger partial charge in [0.1, 0.15) is 5.52 Å². The van der Waals surface area contributed by atoms with Crippen LogP contribution in [0.25, 0.3) is 11.2 Å². The largest absolute Gasteiger partial charge is 0.369 e. The molecule has 0 atom stereocenters. The van der Waals surface area contributed by atoms with Crippen LogP contribution in [0, 0.1) is 12.8 Å². The van der Waals surface area contributed by atoms with Gasteiger partial charge in [-0.1, -0.05) is 13.8 Å². The van der Waals surface area contributed by atoms with Crippen molar-refractivity contribution in [2.45, 2.75) is 40.2 Å². The molecule has 0 radical (unpaired) electrons. The number of fused-ring (bicyclic) bond motifs is 1. The molecule has 0 saturated heterocycles. The Morgan fingerprint density at radius 2 is 2.06 bits per heavy atom. The van der Waals surface area contributed by atoms with Crippen LogP contribution in [0.5, 0.6) is 0 Å². The first kappa shape index (κ1) is 11.9. The first-order chi connectivity index (χ1) is 8.08. The van der Waals surface area contributed by atoms with Crippen LogP contribution in [-0.2, 0) is 6.54 Å². The number of nitrogen functional groups attached to an aromatic ring is 1. The van der Waals surface area contributed by atoms with Gasteiger partial charge in [0, 0.05) is 12.2 Å². The van der Waals surface area contributed by atoms with Crippen molar-refractivity contribution in [2.75, 3.05) is 5.73 Å². The summed E-state index contributed by atoms with van der Waals surface area (Å²) in [5.41, 5.74) is 8.73. The smallest absolute Gasteiger partial charge is 0.202 e. The van der Waals surface area contributed by atoms with E-state index in [2.05, 4.69) is 23.8 Å². The zero-order chi connectivity index (χ0) is 12.4. The Morgan fingerprint density at radius 3 is 2.76 bits per heavy atom. The highest BCUT2D eigenvalue weighted by Gasteiger charge is 2.09. The minimum absolute atomic E-state index is 0.571. The highest BCUT2D eigenvalue weighted by molar-refractivity contribution is 5.74. The number of imidazole rings is 1. The Hall–Kier alpha value is -1.58. The van der Waals surface area contributed by atoms with Crippen molar-refractivity contribution < 1.29 is 0 Å². The average molecular weight is 232 g/mol. The van der Waals surface area contributed by atoms with E-state index in [0.29, 0.717) is 5.95 Å². The molecular formula is C13H20N4. The molecular weight excluding hydrogens is 212 g/mol. The molecule has 2 N–H and O–H groups in total. The number of pyridine rings is 1. The van der Waals surface area contributed by atoms with Gasteiger partial charge in [-0.25, -0.2) is 9.97 Å². The predicted molar refractivity (Wildman–Crippen MR) is 70.7 cm³/mol. The molecule has 2 aromatic heterocycles. The van der Waals surface area contributed by atoms with Crippen LogP contribution < -0.4 is 5.73 Å². The Morgan fingerprint density at radius 1 is 1.29 bits per heavy atom. The van der Waals surface area contributed by atoms with E-state index in [-0.39, 0.29) is 0 Å². The lowest BCUT2D eigenvalue weighted by molar-refractivity contribution is 0.518. The standard InChI is InChI=1S/C13H20N4/c1-9(2)5-4-8-17-12-11(16-13(17)14)7-6-10(3)15-12/h6-7,9H,4-5,8H2,1-3H3,(H2,14,16). The van der Waals surface area contributed by atoms with Crippen LogP contribution in [-0.4, -0.2) is 14.5 Å². The van der Waals surface area contributed by atoms with Crippen molar-refractivity contribution in [2.24, 2.45) is 5.92 Å². The maximum Gasteiger partial charge on any atom is 0.202 e. The van der Waals surface area contributed by atoms with Crippen LogP contribution >= 0.6 is 0 Å². The van der Waals surface area contributed by atoms with Gasteiger partial charge in [-0.3, -0.25) is 4.57 Å². The third-order valence-corrected chi connectivity index (χ3v) is 2.92. The fourth-order valence-electron chi connectivity index (χ4n) is 1.99. The third-order valence-electron chi connectivity index (χ3n) is 2.92. The molecule has 0 bridgehead atoms. The highest BCUT2D eigenvalue weighted by atomic mass is 15.2. The van der Waals surface area contributed by atoms with E-state index in [1.165, 1.54) is 6.42 Å². The number of aryl methyl sites for hydroxylation is 2. The summed E-state index contributed by atoms with van der Waals surface area (Å²) in [5, 5.41) is 0. The van der Waals surface area contributed by atoms with E-state index >= 15 is 0 Å². The molecule has 0 saturated carbocycles. The second-order valence-electron chi connectivity index (χ2n) is 4.95. The molecule has 92 valence electrons. The molecule has 0 aliphatic heterocycles. The van der Waals surface area contributed by atoms with Gasteiger partial charge in [-0.2, -0.15) is 0 Å². The average Bonchev–Trinajstić information content (AvgIpc) is 2.55. The normalized spacial score (nSPS) is 11.5. The number of hydrogen-bond acceptors (Lipinski definition) is 3. The number of rotatable bonds is 4. The van der Waals surface area contributed by atoms with Gasteiger partial charge in [0.2, 0.25) is 5.95 Å². The van der Waals surface area contributed by atoms with E-state index < -0.39 is 0 Å². The lowest BCUT2D eigenvalue weighted by Crippen LogP contribution is -2.05. The Balaban J connectivity index is 2.26. The van der Waals surface area contributed by atoms with Crippen molar-refractivity contribution in [1.29, 1.82) is 0 Å². The molecule has 0 aliphatic rings. The van der Waals surface area contributed by atoms with E-state index in [1.807, 2.05) is 23.6 Å². The zero-order valence-corrected chi connectivity index (χ0v) is 10.8. The number of nitrogens with zero attached hydrogens (tertiary/aromatic N) is 3. The predicted octanol–water partition coefficient (Wildman–Crippen LogP) is 2.76. The number of anilines is 1. The van der Waals surface area contributed by atoms with E-state index in [9.17, 15) is 0 Å². The van der Waals surface area contributed by atoms with Crippen molar-refractivity contribution >= 4 is 17.1 Å². The lowest BCUT2D eigenvalue weighted by Gasteiger charge is -2.07. The van der Waals surface area contributed by atoms with Crippen molar-refractivity contribution in [1.82, 2.24) is 14.5 Å². The van der Waals surface area contributed by atoms with E-state index in [1.54, 1.807) is 0 Å². The second kappa shape index (κ2) is 4.73. The summed E-state index contributed by atoms with van der Waals surface area (Å²) in [4.78, 5) is 8.84. The van der Waals surface area contributed by atoms with Gasteiger partial charge in [0.15, 0.2) is 5.65 Å². The maximum absolute atomic E-state index is 5.93. The SMILES string of the molecule is Cc1ccc2nc(N)n(CCCC(C)C)c2n1. The molecule has 2 aromatic rings. The molecule has 2 rings (SSSR count). The summed E-state index contributed by atoms with van der Waals surface area (Å²) in [5.74, 6) is 1.29. The molecule has 0 aliphatic carbocycles. The van der Waals surface area contributed by atoms with Crippen LogP contribution in [0.1, 0.15) is 32.4 Å². The van der Waals surface area contributed by atoms with Crippen LogP contribution in [0.15, 0.2) is 12.1 Å². The second-order valence-corrected chi connectivity index (χ2v) is 4.95. The monoisotopic (exact) mass is 232 g/mol. The topological polar surface area (TPSA) is 56.7 Å². The molecule has 2 heterocycles. The molecule has 0 amide bonds. The number of nitrogens with two attached hydrogens (primary N) is 1. The number of hydrogen-bond donors (Lipinski definition) is 1. The first-order valence-corrected chi connectivity index (χ1v) is 6.17. The lowest BCUT2D eigenvalue weighted by atomic mass is 10.1. The summed E-state index contributed by atoms with van der Waals surface area (Å²) < 4.78 is 2.02. The minimum Gasteiger partial charge on any atom is -0.369 e. The van der Waals surface area contributed by atoms with Gasteiger partial charge in [-0.05, 0) is 37.8 Å². The Bertz CT molecular complexity index is 513. The fourth-order valence-corrected chi connectivity index (χ4v) is 1.99. The maximum atomic E-state index is 5.93. The Labute approximate surface area is 102 Å².